The van der Waals surface area contributed by atoms with Gasteiger partial charge in [-0.25, -0.2) is 9.67 Å². The first-order valence-electron chi connectivity index (χ1n) is 9.49. The molecule has 1 amide bonds. The normalized spacial score (nSPS) is 10.8. The van der Waals surface area contributed by atoms with Gasteiger partial charge in [-0.3, -0.25) is 9.59 Å². The molecule has 28 heavy (non-hydrogen) atoms. The highest BCUT2D eigenvalue weighted by atomic mass is 16.5. The molecule has 0 saturated heterocycles. The van der Waals surface area contributed by atoms with Crippen molar-refractivity contribution in [2.24, 2.45) is 0 Å². The van der Waals surface area contributed by atoms with Crippen molar-refractivity contribution in [2.45, 2.75) is 33.2 Å². The quantitative estimate of drug-likeness (QED) is 0.479. The number of rotatable bonds is 8. The molecule has 0 aliphatic carbocycles. The number of hydrogen-bond acceptors (Lipinski definition) is 5. The Bertz CT molecular complexity index is 966. The molecule has 1 N–H and O–H groups in total. The number of fused-ring (bicyclic) bond motifs is 1. The first-order valence-corrected chi connectivity index (χ1v) is 9.49. The molecule has 0 radical (unpaired) electrons. The molecule has 2 aromatic heterocycles. The minimum absolute atomic E-state index is 0.205. The molecule has 0 aliphatic rings. The third-order valence-corrected chi connectivity index (χ3v) is 4.37. The van der Waals surface area contributed by atoms with Crippen LogP contribution in [0.3, 0.4) is 0 Å². The van der Waals surface area contributed by atoms with Gasteiger partial charge in [0.1, 0.15) is 0 Å². The largest absolute Gasteiger partial charge is 0.466 e. The molecule has 2 heterocycles. The number of carbonyl (C=O) groups is 2. The summed E-state index contributed by atoms with van der Waals surface area (Å²) < 4.78 is 6.68. The molecule has 0 fully saturated rings. The zero-order chi connectivity index (χ0) is 19.9. The van der Waals surface area contributed by atoms with Crippen molar-refractivity contribution in [2.75, 3.05) is 13.2 Å². The molecule has 0 bridgehead atoms. The predicted octanol–water partition coefficient (Wildman–Crippen LogP) is 3.19. The van der Waals surface area contributed by atoms with Crippen LogP contribution >= 0.6 is 0 Å². The van der Waals surface area contributed by atoms with Gasteiger partial charge in [-0.05, 0) is 26.3 Å². The minimum atomic E-state index is -0.251. The first kappa shape index (κ1) is 19.5. The summed E-state index contributed by atoms with van der Waals surface area (Å²) in [5.74, 6) is -0.456. The van der Waals surface area contributed by atoms with Crippen molar-refractivity contribution in [3.63, 3.8) is 0 Å². The minimum Gasteiger partial charge on any atom is -0.466 e. The lowest BCUT2D eigenvalue weighted by atomic mass is 10.1. The van der Waals surface area contributed by atoms with Crippen LogP contribution in [0.4, 0.5) is 0 Å². The fourth-order valence-electron chi connectivity index (χ4n) is 2.99. The topological polar surface area (TPSA) is 86.1 Å². The second kappa shape index (κ2) is 9.12. The van der Waals surface area contributed by atoms with Crippen molar-refractivity contribution in [3.8, 4) is 11.3 Å². The highest BCUT2D eigenvalue weighted by Crippen LogP contribution is 2.24. The number of hydrogen-bond donors (Lipinski definition) is 1. The molecule has 3 aromatic rings. The van der Waals surface area contributed by atoms with Crippen LogP contribution in [0.1, 0.15) is 37.0 Å². The van der Waals surface area contributed by atoms with E-state index in [0.717, 1.165) is 11.3 Å². The fraction of sp³-hybridized carbons (Fsp3) is 0.333. The highest BCUT2D eigenvalue weighted by Gasteiger charge is 2.17. The average Bonchev–Trinajstić information content (AvgIpc) is 3.14. The lowest BCUT2D eigenvalue weighted by Crippen LogP contribution is -2.25. The number of aromatic nitrogens is 3. The molecule has 0 aliphatic heterocycles. The molecule has 0 spiro atoms. The van der Waals surface area contributed by atoms with E-state index in [4.69, 9.17) is 9.72 Å². The number of pyridine rings is 1. The van der Waals surface area contributed by atoms with Crippen LogP contribution in [0.25, 0.3) is 22.3 Å². The lowest BCUT2D eigenvalue weighted by molar-refractivity contribution is -0.143. The maximum Gasteiger partial charge on any atom is 0.305 e. The standard InChI is InChI=1S/C21H24N4O3/c1-3-25-20-17(14-23-25)16(13-18(24-20)15-9-6-5-7-10-15)21(27)22-12-8-11-19(26)28-4-2/h5-7,9-10,13-14H,3-4,8,11-12H2,1-2H3,(H,22,27). The maximum atomic E-state index is 12.8. The van der Waals surface area contributed by atoms with Gasteiger partial charge in [-0.15, -0.1) is 0 Å². The van der Waals surface area contributed by atoms with Crippen LogP contribution in [0.15, 0.2) is 42.6 Å². The van der Waals surface area contributed by atoms with Crippen LogP contribution in [0, 0.1) is 0 Å². The molecular weight excluding hydrogens is 356 g/mol. The predicted molar refractivity (Wildman–Crippen MR) is 107 cm³/mol. The molecule has 0 unspecified atom stereocenters. The summed E-state index contributed by atoms with van der Waals surface area (Å²) in [6, 6.07) is 11.5. The Labute approximate surface area is 163 Å². The van der Waals surface area contributed by atoms with Gasteiger partial charge in [0.25, 0.3) is 5.91 Å². The highest BCUT2D eigenvalue weighted by molar-refractivity contribution is 6.06. The number of benzene rings is 1. The molecule has 7 heteroatoms. The van der Waals surface area contributed by atoms with Crippen molar-refractivity contribution in [1.29, 1.82) is 0 Å². The smallest absolute Gasteiger partial charge is 0.305 e. The SMILES string of the molecule is CCOC(=O)CCCNC(=O)c1cc(-c2ccccc2)nc2c1cnn2CC. The summed E-state index contributed by atoms with van der Waals surface area (Å²) in [5, 5.41) is 7.94. The fourth-order valence-corrected chi connectivity index (χ4v) is 2.99. The molecule has 7 nitrogen and oxygen atoms in total. The van der Waals surface area contributed by atoms with Crippen molar-refractivity contribution in [1.82, 2.24) is 20.1 Å². The number of nitrogens with one attached hydrogen (secondary N) is 1. The maximum absolute atomic E-state index is 12.8. The van der Waals surface area contributed by atoms with E-state index in [2.05, 4.69) is 10.4 Å². The second-order valence-electron chi connectivity index (χ2n) is 6.28. The molecular formula is C21H24N4O3. The Balaban J connectivity index is 1.84. The van der Waals surface area contributed by atoms with Gasteiger partial charge >= 0.3 is 5.97 Å². The number of aryl methyl sites for hydroxylation is 1. The Morgan fingerprint density at radius 2 is 1.96 bits per heavy atom. The summed E-state index contributed by atoms with van der Waals surface area (Å²) in [7, 11) is 0. The summed E-state index contributed by atoms with van der Waals surface area (Å²) >= 11 is 0. The molecule has 146 valence electrons. The Morgan fingerprint density at radius 3 is 2.68 bits per heavy atom. The summed E-state index contributed by atoms with van der Waals surface area (Å²) in [6.07, 6.45) is 2.48. The van der Waals surface area contributed by atoms with E-state index < -0.39 is 0 Å². The molecule has 0 atom stereocenters. The van der Waals surface area contributed by atoms with E-state index in [1.807, 2.05) is 37.3 Å². The summed E-state index contributed by atoms with van der Waals surface area (Å²) in [5.41, 5.74) is 2.87. The van der Waals surface area contributed by atoms with Gasteiger partial charge in [-0.2, -0.15) is 5.10 Å². The number of amides is 1. The van der Waals surface area contributed by atoms with E-state index in [1.54, 1.807) is 23.9 Å². The van der Waals surface area contributed by atoms with Crippen LogP contribution in [0.2, 0.25) is 0 Å². The van der Waals surface area contributed by atoms with Gasteiger partial charge in [0.2, 0.25) is 0 Å². The summed E-state index contributed by atoms with van der Waals surface area (Å²) in [4.78, 5) is 29.0. The van der Waals surface area contributed by atoms with Gasteiger partial charge in [0, 0.05) is 25.1 Å². The van der Waals surface area contributed by atoms with Crippen molar-refractivity contribution < 1.29 is 14.3 Å². The second-order valence-corrected chi connectivity index (χ2v) is 6.28. The first-order chi connectivity index (χ1) is 13.6. The number of nitrogens with zero attached hydrogens (tertiary/aromatic N) is 3. The van der Waals surface area contributed by atoms with Crippen molar-refractivity contribution in [3.05, 3.63) is 48.2 Å². The number of ether oxygens (including phenoxy) is 1. The molecule has 0 saturated carbocycles. The van der Waals surface area contributed by atoms with Crippen LogP contribution in [-0.2, 0) is 16.1 Å². The zero-order valence-electron chi connectivity index (χ0n) is 16.1. The molecule has 3 rings (SSSR count). The monoisotopic (exact) mass is 380 g/mol. The van der Waals surface area contributed by atoms with E-state index in [1.165, 1.54) is 0 Å². The summed E-state index contributed by atoms with van der Waals surface area (Å²) in [6.45, 7) is 5.18. The third kappa shape index (κ3) is 4.36. The van der Waals surface area contributed by atoms with Gasteiger partial charge in [0.05, 0.1) is 29.4 Å². The average molecular weight is 380 g/mol. The van der Waals surface area contributed by atoms with Crippen LogP contribution in [-0.4, -0.2) is 39.8 Å². The van der Waals surface area contributed by atoms with Crippen LogP contribution in [0.5, 0.6) is 0 Å². The Morgan fingerprint density at radius 1 is 1.18 bits per heavy atom. The van der Waals surface area contributed by atoms with Gasteiger partial charge in [-0.1, -0.05) is 30.3 Å². The lowest BCUT2D eigenvalue weighted by Gasteiger charge is -2.09. The van der Waals surface area contributed by atoms with E-state index in [-0.39, 0.29) is 18.3 Å². The third-order valence-electron chi connectivity index (χ3n) is 4.37. The molecule has 1 aromatic carbocycles. The van der Waals surface area contributed by atoms with E-state index in [0.29, 0.717) is 42.7 Å². The van der Waals surface area contributed by atoms with E-state index in [9.17, 15) is 9.59 Å². The number of carbonyl (C=O) groups excluding carboxylic acids is 2. The van der Waals surface area contributed by atoms with Crippen LogP contribution < -0.4 is 5.32 Å². The Hall–Kier alpha value is -3.22. The number of esters is 1. The van der Waals surface area contributed by atoms with E-state index >= 15 is 0 Å². The zero-order valence-corrected chi connectivity index (χ0v) is 16.1. The van der Waals surface area contributed by atoms with Gasteiger partial charge < -0.3 is 10.1 Å². The Kier molecular flexibility index (Phi) is 6.37. The van der Waals surface area contributed by atoms with Gasteiger partial charge in [0.15, 0.2) is 5.65 Å². The van der Waals surface area contributed by atoms with Crippen molar-refractivity contribution >= 4 is 22.9 Å².